The molecule has 0 saturated carbocycles. The van der Waals surface area contributed by atoms with Crippen molar-refractivity contribution in [2.75, 3.05) is 0 Å². The summed E-state index contributed by atoms with van der Waals surface area (Å²) < 4.78 is 0. The molecule has 0 bridgehead atoms. The van der Waals surface area contributed by atoms with Gasteiger partial charge >= 0.3 is 0 Å². The molecule has 0 atom stereocenters. The molecule has 0 unspecified atom stereocenters. The first kappa shape index (κ1) is 5.57. The number of rotatable bonds is 1. The first-order chi connectivity index (χ1) is 3.80. The van der Waals surface area contributed by atoms with E-state index >= 15 is 0 Å². The summed E-state index contributed by atoms with van der Waals surface area (Å²) in [6.45, 7) is 7.39. The quantitative estimate of drug-likeness (QED) is 0.538. The molecule has 0 aliphatic heterocycles. The average Bonchev–Trinajstić information content (AvgIpc) is 2.12. The van der Waals surface area contributed by atoms with E-state index in [-0.39, 0.29) is 0 Å². The second kappa shape index (κ2) is 2.14. The van der Waals surface area contributed by atoms with Gasteiger partial charge in [-0.2, -0.15) is 0 Å². The van der Waals surface area contributed by atoms with Crippen molar-refractivity contribution in [3.8, 4) is 0 Å². The predicted molar refractivity (Wildman–Crippen MR) is 37.7 cm³/mol. The fourth-order valence-corrected chi connectivity index (χ4v) is 1.15. The molecule has 0 aliphatic carbocycles. The third-order valence-corrected chi connectivity index (χ3v) is 1.92. The van der Waals surface area contributed by atoms with Gasteiger partial charge in [0.1, 0.15) is 0 Å². The maximum Gasteiger partial charge on any atom is 0.0299 e. The van der Waals surface area contributed by atoms with Gasteiger partial charge in [0.15, 0.2) is 0 Å². The monoisotopic (exact) mass is 123 g/mol. The summed E-state index contributed by atoms with van der Waals surface area (Å²) in [5, 5.41) is 2.02. The van der Waals surface area contributed by atoms with Gasteiger partial charge in [0.2, 0.25) is 0 Å². The van der Waals surface area contributed by atoms with Gasteiger partial charge < -0.3 is 0 Å². The fraction of sp³-hybridized carbons (Fsp3) is 0.143. The fourth-order valence-electron chi connectivity index (χ4n) is 0.503. The maximum absolute atomic E-state index is 5.49. The van der Waals surface area contributed by atoms with Crippen LogP contribution in [0, 0.1) is 6.58 Å². The van der Waals surface area contributed by atoms with Crippen LogP contribution in [0.4, 0.5) is 0 Å². The Labute approximate surface area is 53.5 Å². The van der Waals surface area contributed by atoms with Crippen molar-refractivity contribution in [1.29, 1.82) is 0 Å². The minimum Gasteiger partial charge on any atom is -0.144 e. The third kappa shape index (κ3) is 0.984. The summed E-state index contributed by atoms with van der Waals surface area (Å²) in [4.78, 5) is 1.17. The molecule has 8 heavy (non-hydrogen) atoms. The van der Waals surface area contributed by atoms with Gasteiger partial charge in [-0.3, -0.25) is 0 Å². The van der Waals surface area contributed by atoms with E-state index in [9.17, 15) is 0 Å². The summed E-state index contributed by atoms with van der Waals surface area (Å²) in [6, 6.07) is 4.01. The van der Waals surface area contributed by atoms with E-state index in [2.05, 4.69) is 0 Å². The van der Waals surface area contributed by atoms with Crippen molar-refractivity contribution in [1.82, 2.24) is 0 Å². The summed E-state index contributed by atoms with van der Waals surface area (Å²) in [7, 11) is 0. The third-order valence-electron chi connectivity index (χ3n) is 0.910. The van der Waals surface area contributed by atoms with Crippen molar-refractivity contribution < 1.29 is 0 Å². The number of allylic oxidation sites excluding steroid dienone is 1. The zero-order valence-electron chi connectivity index (χ0n) is 4.72. The van der Waals surface area contributed by atoms with Crippen molar-refractivity contribution in [2.24, 2.45) is 0 Å². The summed E-state index contributed by atoms with van der Waals surface area (Å²) in [6.07, 6.45) is 0. The molecular formula is C7H7S. The average molecular weight is 123 g/mol. The van der Waals surface area contributed by atoms with Gasteiger partial charge in [-0.1, -0.05) is 12.6 Å². The zero-order valence-corrected chi connectivity index (χ0v) is 5.53. The highest BCUT2D eigenvalue weighted by atomic mass is 32.1. The Hall–Kier alpha value is -0.560. The normalized spacial score (nSPS) is 9.12. The Balaban J connectivity index is 2.93. The molecule has 0 aromatic carbocycles. The van der Waals surface area contributed by atoms with Crippen LogP contribution in [0.3, 0.4) is 0 Å². The summed E-state index contributed by atoms with van der Waals surface area (Å²) in [5.74, 6) is 0. The minimum atomic E-state index is 0.903. The first-order valence-corrected chi connectivity index (χ1v) is 3.31. The second-order valence-electron chi connectivity index (χ2n) is 1.66. The maximum atomic E-state index is 5.49. The largest absolute Gasteiger partial charge is 0.144 e. The lowest BCUT2D eigenvalue weighted by Crippen LogP contribution is -1.62. The van der Waals surface area contributed by atoms with E-state index in [1.165, 1.54) is 4.88 Å². The standard InChI is InChI=1S/C7H7S/c1-6(2)7-4-3-5-8-7/h1,3-5H,2H3. The molecule has 0 aliphatic rings. The Kier molecular flexibility index (Phi) is 1.49. The molecule has 1 radical (unpaired) electrons. The van der Waals surface area contributed by atoms with E-state index in [1.54, 1.807) is 11.3 Å². The molecule has 1 aromatic heterocycles. The molecule has 1 rings (SSSR count). The molecule has 0 N–H and O–H groups in total. The van der Waals surface area contributed by atoms with E-state index < -0.39 is 0 Å². The SMILES string of the molecule is [CH]=C(C)c1cccs1. The lowest BCUT2D eigenvalue weighted by molar-refractivity contribution is 1.73. The minimum absolute atomic E-state index is 0.903. The second-order valence-corrected chi connectivity index (χ2v) is 2.61. The van der Waals surface area contributed by atoms with Crippen LogP contribution in [0.5, 0.6) is 0 Å². The first-order valence-electron chi connectivity index (χ1n) is 2.43. The molecule has 41 valence electrons. The van der Waals surface area contributed by atoms with Crippen LogP contribution >= 0.6 is 11.3 Å². The van der Waals surface area contributed by atoms with Crippen LogP contribution in [-0.4, -0.2) is 0 Å². The molecule has 1 heteroatoms. The van der Waals surface area contributed by atoms with Crippen molar-refractivity contribution in [2.45, 2.75) is 6.92 Å². The molecular weight excluding hydrogens is 116 g/mol. The topological polar surface area (TPSA) is 0 Å². The highest BCUT2D eigenvalue weighted by molar-refractivity contribution is 7.11. The molecule has 1 heterocycles. The predicted octanol–water partition coefficient (Wildman–Crippen LogP) is 2.58. The molecule has 0 saturated heterocycles. The zero-order chi connectivity index (χ0) is 5.98. The number of hydrogen-bond donors (Lipinski definition) is 0. The van der Waals surface area contributed by atoms with Crippen LogP contribution in [0.15, 0.2) is 17.5 Å². The Bertz CT molecular complexity index is 172. The van der Waals surface area contributed by atoms with E-state index in [0.29, 0.717) is 0 Å². The van der Waals surface area contributed by atoms with Crippen molar-refractivity contribution >= 4 is 16.9 Å². The molecule has 0 amide bonds. The summed E-state index contributed by atoms with van der Waals surface area (Å²) in [5.41, 5.74) is 0.903. The van der Waals surface area contributed by atoms with Crippen LogP contribution in [0.1, 0.15) is 11.8 Å². The van der Waals surface area contributed by atoms with E-state index in [1.807, 2.05) is 24.4 Å². The van der Waals surface area contributed by atoms with Gasteiger partial charge in [-0.25, -0.2) is 0 Å². The van der Waals surface area contributed by atoms with Crippen LogP contribution < -0.4 is 0 Å². The van der Waals surface area contributed by atoms with Crippen LogP contribution in [0.25, 0.3) is 5.57 Å². The molecule has 1 aromatic rings. The number of hydrogen-bond acceptors (Lipinski definition) is 1. The van der Waals surface area contributed by atoms with Crippen LogP contribution in [-0.2, 0) is 0 Å². The highest BCUT2D eigenvalue weighted by Gasteiger charge is 1.89. The Morgan fingerprint density at radius 3 is 2.75 bits per heavy atom. The lowest BCUT2D eigenvalue weighted by atomic mass is 10.3. The van der Waals surface area contributed by atoms with E-state index in [4.69, 9.17) is 6.58 Å². The lowest BCUT2D eigenvalue weighted by Gasteiger charge is -1.86. The van der Waals surface area contributed by atoms with Gasteiger partial charge in [0.05, 0.1) is 0 Å². The van der Waals surface area contributed by atoms with Gasteiger partial charge in [0.25, 0.3) is 0 Å². The summed E-state index contributed by atoms with van der Waals surface area (Å²) >= 11 is 1.67. The Morgan fingerprint density at radius 1 is 1.75 bits per heavy atom. The smallest absolute Gasteiger partial charge is 0.0299 e. The highest BCUT2D eigenvalue weighted by Crippen LogP contribution is 2.16. The number of thiophene rings is 1. The van der Waals surface area contributed by atoms with Gasteiger partial charge in [0, 0.05) is 4.88 Å². The molecule has 0 nitrogen and oxygen atoms in total. The van der Waals surface area contributed by atoms with E-state index in [0.717, 1.165) is 5.57 Å². The van der Waals surface area contributed by atoms with Gasteiger partial charge in [-0.05, 0) is 23.9 Å². The van der Waals surface area contributed by atoms with Crippen LogP contribution in [0.2, 0.25) is 0 Å². The Morgan fingerprint density at radius 2 is 2.50 bits per heavy atom. The van der Waals surface area contributed by atoms with Gasteiger partial charge in [-0.15, -0.1) is 11.3 Å². The van der Waals surface area contributed by atoms with Crippen molar-refractivity contribution in [3.05, 3.63) is 29.0 Å². The molecule has 0 spiro atoms. The van der Waals surface area contributed by atoms with Crippen molar-refractivity contribution in [3.63, 3.8) is 0 Å². The molecule has 0 fully saturated rings.